The molecule has 1 saturated heterocycles. The molecule has 7 nitrogen and oxygen atoms in total. The van der Waals surface area contributed by atoms with E-state index in [4.69, 9.17) is 4.74 Å². The summed E-state index contributed by atoms with van der Waals surface area (Å²) in [5, 5.41) is 7.83. The molecule has 2 aliphatic rings. The summed E-state index contributed by atoms with van der Waals surface area (Å²) in [7, 11) is -3.90. The molecule has 0 saturated carbocycles. The third-order valence-corrected chi connectivity index (χ3v) is 5.93. The fraction of sp³-hybridized carbons (Fsp3) is 0.385. The Morgan fingerprint density at radius 3 is 2.91 bits per heavy atom. The smallest absolute Gasteiger partial charge is 0.246 e. The molecule has 1 aromatic heterocycles. The lowest BCUT2D eigenvalue weighted by Crippen LogP contribution is -2.32. The van der Waals surface area contributed by atoms with Crippen LogP contribution in [-0.2, 0) is 21.4 Å². The van der Waals surface area contributed by atoms with E-state index >= 15 is 0 Å². The lowest BCUT2D eigenvalue weighted by atomic mass is 10.2. The van der Waals surface area contributed by atoms with Crippen molar-refractivity contribution >= 4 is 10.0 Å². The second-order valence-electron chi connectivity index (χ2n) is 5.34. The van der Waals surface area contributed by atoms with Gasteiger partial charge >= 0.3 is 0 Å². The van der Waals surface area contributed by atoms with Gasteiger partial charge in [0.2, 0.25) is 10.0 Å². The summed E-state index contributed by atoms with van der Waals surface area (Å²) in [6.45, 7) is 0.722. The minimum atomic E-state index is -3.90. The number of sulfonamides is 1. The molecule has 0 bridgehead atoms. The molecular weight excluding hydrogens is 311 g/mol. The Morgan fingerprint density at radius 1 is 1.27 bits per heavy atom. The van der Waals surface area contributed by atoms with Gasteiger partial charge in [0.1, 0.15) is 10.7 Å². The second kappa shape index (κ2) is 4.83. The zero-order valence-electron chi connectivity index (χ0n) is 11.5. The van der Waals surface area contributed by atoms with Gasteiger partial charge in [0.25, 0.3) is 0 Å². The molecule has 9 heteroatoms. The van der Waals surface area contributed by atoms with Gasteiger partial charge in [-0.1, -0.05) is 17.3 Å². The summed E-state index contributed by atoms with van der Waals surface area (Å²) in [5.74, 6) is -0.750. The Hall–Kier alpha value is -1.84. The first kappa shape index (κ1) is 13.8. The number of aromatic nitrogens is 3. The lowest BCUT2D eigenvalue weighted by Gasteiger charge is -2.25. The molecule has 0 spiro atoms. The normalized spacial score (nSPS) is 25.0. The van der Waals surface area contributed by atoms with Crippen LogP contribution in [-0.4, -0.2) is 46.9 Å². The van der Waals surface area contributed by atoms with E-state index in [1.807, 2.05) is 0 Å². The van der Waals surface area contributed by atoms with Crippen molar-refractivity contribution in [2.75, 3.05) is 13.1 Å². The van der Waals surface area contributed by atoms with Crippen LogP contribution in [0.25, 0.3) is 0 Å². The SMILES string of the molecule is O=S(=O)(c1ccccc1F)N1CC2OCc3cnnn3[C@@H]2C1. The number of hydrogen-bond donors (Lipinski definition) is 0. The van der Waals surface area contributed by atoms with Crippen LogP contribution in [0.5, 0.6) is 0 Å². The molecule has 0 amide bonds. The van der Waals surface area contributed by atoms with Crippen LogP contribution in [0.1, 0.15) is 11.7 Å². The highest BCUT2D eigenvalue weighted by molar-refractivity contribution is 7.89. The third kappa shape index (κ3) is 1.97. The fourth-order valence-corrected chi connectivity index (χ4v) is 4.49. The largest absolute Gasteiger partial charge is 0.368 e. The van der Waals surface area contributed by atoms with Crippen molar-refractivity contribution in [1.29, 1.82) is 0 Å². The van der Waals surface area contributed by atoms with E-state index in [1.165, 1.54) is 22.5 Å². The van der Waals surface area contributed by atoms with Crippen molar-refractivity contribution < 1.29 is 17.5 Å². The summed E-state index contributed by atoms with van der Waals surface area (Å²) >= 11 is 0. The molecule has 22 heavy (non-hydrogen) atoms. The first-order chi connectivity index (χ1) is 10.6. The zero-order chi connectivity index (χ0) is 15.3. The minimum Gasteiger partial charge on any atom is -0.368 e. The van der Waals surface area contributed by atoms with E-state index in [2.05, 4.69) is 10.3 Å². The molecule has 0 aliphatic carbocycles. The van der Waals surface area contributed by atoms with Crippen LogP contribution in [0.2, 0.25) is 0 Å². The fourth-order valence-electron chi connectivity index (χ4n) is 2.95. The van der Waals surface area contributed by atoms with Gasteiger partial charge in [-0.2, -0.15) is 4.31 Å². The standard InChI is InChI=1S/C13H13FN4O3S/c14-10-3-1-2-4-13(10)22(19,20)17-6-11-12(7-17)21-8-9-5-15-16-18(9)11/h1-5,11-12H,6-8H2/t11-,12?/m1/s1. The van der Waals surface area contributed by atoms with E-state index in [-0.39, 0.29) is 30.1 Å². The minimum absolute atomic E-state index is 0.181. The van der Waals surface area contributed by atoms with Crippen molar-refractivity contribution in [3.8, 4) is 0 Å². The molecule has 0 radical (unpaired) electrons. The molecular formula is C13H13FN4O3S. The van der Waals surface area contributed by atoms with Crippen LogP contribution in [0, 0.1) is 5.82 Å². The van der Waals surface area contributed by atoms with Gasteiger partial charge in [-0.3, -0.25) is 0 Å². The highest BCUT2D eigenvalue weighted by Crippen LogP contribution is 2.33. The van der Waals surface area contributed by atoms with E-state index in [9.17, 15) is 12.8 Å². The maximum absolute atomic E-state index is 13.8. The van der Waals surface area contributed by atoms with Crippen molar-refractivity contribution in [3.05, 3.63) is 42.0 Å². The van der Waals surface area contributed by atoms with Crippen molar-refractivity contribution in [2.24, 2.45) is 0 Å². The number of nitrogens with zero attached hydrogens (tertiary/aromatic N) is 4. The van der Waals surface area contributed by atoms with Crippen LogP contribution in [0.3, 0.4) is 0 Å². The van der Waals surface area contributed by atoms with Gasteiger partial charge in [-0.25, -0.2) is 17.5 Å². The lowest BCUT2D eigenvalue weighted by molar-refractivity contribution is -0.00390. The highest BCUT2D eigenvalue weighted by Gasteiger charge is 2.44. The predicted molar refractivity (Wildman–Crippen MR) is 72.8 cm³/mol. The Bertz CT molecular complexity index is 822. The van der Waals surface area contributed by atoms with Crippen LogP contribution >= 0.6 is 0 Å². The average Bonchev–Trinajstić information content (AvgIpc) is 3.13. The van der Waals surface area contributed by atoms with Crippen LogP contribution in [0.4, 0.5) is 4.39 Å². The molecule has 2 aliphatic heterocycles. The summed E-state index contributed by atoms with van der Waals surface area (Å²) in [5.41, 5.74) is 0.811. The first-order valence-corrected chi connectivity index (χ1v) is 8.27. The van der Waals surface area contributed by atoms with Crippen LogP contribution < -0.4 is 0 Å². The Morgan fingerprint density at radius 2 is 2.09 bits per heavy atom. The summed E-state index contributed by atoms with van der Waals surface area (Å²) in [6, 6.07) is 5.15. The molecule has 4 rings (SSSR count). The number of hydrogen-bond acceptors (Lipinski definition) is 5. The molecule has 1 fully saturated rings. The summed E-state index contributed by atoms with van der Waals surface area (Å²) in [6.07, 6.45) is 1.31. The summed E-state index contributed by atoms with van der Waals surface area (Å²) in [4.78, 5) is -0.313. The molecule has 1 unspecified atom stereocenters. The van der Waals surface area contributed by atoms with Crippen molar-refractivity contribution in [3.63, 3.8) is 0 Å². The average molecular weight is 324 g/mol. The Labute approximate surface area is 126 Å². The van der Waals surface area contributed by atoms with Gasteiger partial charge < -0.3 is 4.74 Å². The molecule has 0 N–H and O–H groups in total. The van der Waals surface area contributed by atoms with Gasteiger partial charge in [0.05, 0.1) is 30.6 Å². The topological polar surface area (TPSA) is 77.3 Å². The predicted octanol–water partition coefficient (Wildman–Crippen LogP) is 0.562. The van der Waals surface area contributed by atoms with E-state index in [0.717, 1.165) is 11.8 Å². The number of halogens is 1. The van der Waals surface area contributed by atoms with Gasteiger partial charge in [0.15, 0.2) is 0 Å². The zero-order valence-corrected chi connectivity index (χ0v) is 12.3. The quantitative estimate of drug-likeness (QED) is 0.807. The maximum atomic E-state index is 13.8. The molecule has 2 aromatic rings. The van der Waals surface area contributed by atoms with E-state index in [0.29, 0.717) is 6.61 Å². The number of rotatable bonds is 2. The van der Waals surface area contributed by atoms with Crippen molar-refractivity contribution in [1.82, 2.24) is 19.3 Å². The maximum Gasteiger partial charge on any atom is 0.246 e. The third-order valence-electron chi connectivity index (χ3n) is 4.07. The molecule has 116 valence electrons. The Balaban J connectivity index is 1.68. The Kier molecular flexibility index (Phi) is 3.03. The van der Waals surface area contributed by atoms with Crippen molar-refractivity contribution in [2.45, 2.75) is 23.6 Å². The monoisotopic (exact) mass is 324 g/mol. The number of fused-ring (bicyclic) bond motifs is 3. The van der Waals surface area contributed by atoms with Crippen LogP contribution in [0.15, 0.2) is 35.4 Å². The van der Waals surface area contributed by atoms with E-state index < -0.39 is 15.8 Å². The van der Waals surface area contributed by atoms with Gasteiger partial charge in [-0.15, -0.1) is 5.10 Å². The summed E-state index contributed by atoms with van der Waals surface area (Å²) < 4.78 is 47.7. The first-order valence-electron chi connectivity index (χ1n) is 6.83. The van der Waals surface area contributed by atoms with Gasteiger partial charge in [-0.05, 0) is 12.1 Å². The number of ether oxygens (including phenoxy) is 1. The second-order valence-corrected chi connectivity index (χ2v) is 7.25. The number of benzene rings is 1. The molecule has 1 aromatic carbocycles. The molecule has 3 heterocycles. The van der Waals surface area contributed by atoms with E-state index in [1.54, 1.807) is 10.9 Å². The highest BCUT2D eigenvalue weighted by atomic mass is 32.2. The molecule has 2 atom stereocenters. The van der Waals surface area contributed by atoms with Gasteiger partial charge in [0, 0.05) is 13.1 Å².